The summed E-state index contributed by atoms with van der Waals surface area (Å²) in [6.07, 6.45) is 0. The molecule has 248 valence electrons. The Morgan fingerprint density at radius 2 is 0.796 bits per heavy atom. The van der Waals surface area contributed by atoms with E-state index in [0.29, 0.717) is 0 Å². The van der Waals surface area contributed by atoms with Crippen molar-refractivity contribution in [3.8, 4) is 44.5 Å². The summed E-state index contributed by atoms with van der Waals surface area (Å²) in [5.74, 6) is 0. The fourth-order valence-electron chi connectivity index (χ4n) is 10.7. The van der Waals surface area contributed by atoms with Crippen molar-refractivity contribution in [1.82, 2.24) is 0 Å². The third-order valence-corrected chi connectivity index (χ3v) is 12.6. The van der Waals surface area contributed by atoms with E-state index in [-0.39, 0.29) is 5.41 Å². The zero-order chi connectivity index (χ0) is 35.1. The van der Waals surface area contributed by atoms with Crippen molar-refractivity contribution < 1.29 is 4.42 Å². The molecule has 13 rings (SSSR count). The van der Waals surface area contributed by atoms with Crippen LogP contribution >= 0.6 is 0 Å². The minimum Gasteiger partial charge on any atom is -0.456 e. The van der Waals surface area contributed by atoms with E-state index < -0.39 is 0 Å². The maximum atomic E-state index is 6.39. The molecule has 0 bridgehead atoms. The average molecular weight is 683 g/mol. The van der Waals surface area contributed by atoms with Crippen LogP contribution in [0.2, 0.25) is 0 Å². The van der Waals surface area contributed by atoms with E-state index >= 15 is 0 Å². The molecule has 1 aromatic heterocycles. The van der Waals surface area contributed by atoms with Gasteiger partial charge in [0.25, 0.3) is 0 Å². The monoisotopic (exact) mass is 682 g/mol. The van der Waals surface area contributed by atoms with Crippen LogP contribution in [0.3, 0.4) is 0 Å². The van der Waals surface area contributed by atoms with Crippen molar-refractivity contribution in [2.45, 2.75) is 5.41 Å². The van der Waals surface area contributed by atoms with Crippen LogP contribution in [0.4, 0.5) is 0 Å². The Hall–Kier alpha value is -6.96. The zero-order valence-corrected chi connectivity index (χ0v) is 29.2. The van der Waals surface area contributed by atoms with E-state index in [4.69, 9.17) is 4.42 Å². The van der Waals surface area contributed by atoms with Gasteiger partial charge in [-0.05, 0) is 123 Å². The molecule has 1 heterocycles. The highest BCUT2D eigenvalue weighted by Gasteiger charge is 2.51. The molecule has 1 heteroatoms. The number of fused-ring (bicyclic) bond motifs is 12. The number of benzene rings is 10. The molecule has 0 N–H and O–H groups in total. The predicted octanol–water partition coefficient (Wildman–Crippen LogP) is 14.2. The Balaban J connectivity index is 1.12. The van der Waals surface area contributed by atoms with Crippen molar-refractivity contribution in [3.05, 3.63) is 204 Å². The third kappa shape index (κ3) is 3.37. The Kier molecular flexibility index (Phi) is 5.36. The van der Waals surface area contributed by atoms with E-state index in [1.807, 2.05) is 0 Å². The average Bonchev–Trinajstić information content (AvgIpc) is 3.87. The van der Waals surface area contributed by atoms with E-state index in [1.54, 1.807) is 0 Å². The third-order valence-electron chi connectivity index (χ3n) is 12.6. The zero-order valence-electron chi connectivity index (χ0n) is 29.2. The molecule has 54 heavy (non-hydrogen) atoms. The molecule has 1 spiro atoms. The Bertz CT molecular complexity index is 3290. The van der Waals surface area contributed by atoms with Crippen LogP contribution in [0.25, 0.3) is 98.8 Å². The number of hydrogen-bond acceptors (Lipinski definition) is 1. The molecule has 0 saturated carbocycles. The van der Waals surface area contributed by atoms with Crippen LogP contribution in [0.1, 0.15) is 22.3 Å². The first-order valence-electron chi connectivity index (χ1n) is 18.8. The van der Waals surface area contributed by atoms with Gasteiger partial charge >= 0.3 is 0 Å². The van der Waals surface area contributed by atoms with E-state index in [0.717, 1.165) is 11.2 Å². The second kappa shape index (κ2) is 10.1. The summed E-state index contributed by atoms with van der Waals surface area (Å²) >= 11 is 0. The van der Waals surface area contributed by atoms with Gasteiger partial charge in [-0.3, -0.25) is 0 Å². The lowest BCUT2D eigenvalue weighted by Gasteiger charge is -2.30. The van der Waals surface area contributed by atoms with Gasteiger partial charge in [-0.15, -0.1) is 0 Å². The van der Waals surface area contributed by atoms with E-state index in [2.05, 4.69) is 182 Å². The summed E-state index contributed by atoms with van der Waals surface area (Å²) in [6.45, 7) is 0. The lowest BCUT2D eigenvalue weighted by molar-refractivity contribution is 0.669. The summed E-state index contributed by atoms with van der Waals surface area (Å²) in [5, 5.41) is 9.87. The minimum atomic E-state index is -0.352. The molecule has 0 atom stereocenters. The van der Waals surface area contributed by atoms with Crippen LogP contribution in [-0.4, -0.2) is 0 Å². The van der Waals surface area contributed by atoms with Crippen LogP contribution in [-0.2, 0) is 5.41 Å². The highest BCUT2D eigenvalue weighted by atomic mass is 16.3. The summed E-state index contributed by atoms with van der Waals surface area (Å²) in [5.41, 5.74) is 17.3. The summed E-state index contributed by atoms with van der Waals surface area (Å²) in [7, 11) is 0. The molecule has 2 aliphatic rings. The van der Waals surface area contributed by atoms with Gasteiger partial charge in [0, 0.05) is 10.8 Å². The van der Waals surface area contributed by atoms with E-state index in [9.17, 15) is 0 Å². The largest absolute Gasteiger partial charge is 0.456 e. The van der Waals surface area contributed by atoms with Crippen molar-refractivity contribution >= 4 is 54.3 Å². The topological polar surface area (TPSA) is 13.1 Å². The fraction of sp³-hybridized carbons (Fsp3) is 0.0189. The highest BCUT2D eigenvalue weighted by molar-refractivity contribution is 6.29. The SMILES string of the molecule is c1ccc2c(c1)-c1ccccc1C21c2ccccc2-c2cc(-c3c4ccccc4c(-c4cc5cccc6oc7cccc4c7c56)c4ccccc34)ccc21. The van der Waals surface area contributed by atoms with Gasteiger partial charge in [0.2, 0.25) is 0 Å². The molecule has 11 aromatic rings. The fourth-order valence-corrected chi connectivity index (χ4v) is 10.7. The molecule has 1 nitrogen and oxygen atoms in total. The van der Waals surface area contributed by atoms with Crippen LogP contribution < -0.4 is 0 Å². The Morgan fingerprint density at radius 1 is 0.315 bits per heavy atom. The smallest absolute Gasteiger partial charge is 0.136 e. The minimum absolute atomic E-state index is 0.352. The predicted molar refractivity (Wildman–Crippen MR) is 225 cm³/mol. The lowest BCUT2D eigenvalue weighted by Crippen LogP contribution is -2.25. The molecule has 0 fully saturated rings. The highest BCUT2D eigenvalue weighted by Crippen LogP contribution is 2.63. The van der Waals surface area contributed by atoms with E-state index in [1.165, 1.54) is 110 Å². The molecule has 0 unspecified atom stereocenters. The van der Waals surface area contributed by atoms with Gasteiger partial charge in [0.15, 0.2) is 0 Å². The molecule has 0 radical (unpaired) electrons. The second-order valence-corrected chi connectivity index (χ2v) is 15.0. The van der Waals surface area contributed by atoms with Crippen LogP contribution in [0, 0.1) is 0 Å². The first kappa shape index (κ1) is 28.6. The second-order valence-electron chi connectivity index (χ2n) is 15.0. The molecule has 0 aliphatic heterocycles. The molecule has 2 aliphatic carbocycles. The molecular formula is C53H30O. The lowest BCUT2D eigenvalue weighted by atomic mass is 9.70. The van der Waals surface area contributed by atoms with Crippen molar-refractivity contribution in [3.63, 3.8) is 0 Å². The number of furan rings is 1. The van der Waals surface area contributed by atoms with Gasteiger partial charge < -0.3 is 4.42 Å². The normalized spacial score (nSPS) is 13.7. The van der Waals surface area contributed by atoms with Gasteiger partial charge in [0.1, 0.15) is 11.2 Å². The van der Waals surface area contributed by atoms with Crippen LogP contribution in [0.5, 0.6) is 0 Å². The van der Waals surface area contributed by atoms with Crippen molar-refractivity contribution in [2.75, 3.05) is 0 Å². The van der Waals surface area contributed by atoms with Crippen molar-refractivity contribution in [2.24, 2.45) is 0 Å². The first-order valence-corrected chi connectivity index (χ1v) is 18.8. The maximum Gasteiger partial charge on any atom is 0.136 e. The van der Waals surface area contributed by atoms with Gasteiger partial charge in [-0.2, -0.15) is 0 Å². The number of rotatable bonds is 2. The quantitative estimate of drug-likeness (QED) is 0.131. The first-order chi connectivity index (χ1) is 26.8. The summed E-state index contributed by atoms with van der Waals surface area (Å²) < 4.78 is 6.39. The Labute approximate surface area is 311 Å². The molecular weight excluding hydrogens is 653 g/mol. The maximum absolute atomic E-state index is 6.39. The molecule has 0 saturated heterocycles. The summed E-state index contributed by atoms with van der Waals surface area (Å²) in [4.78, 5) is 0. The van der Waals surface area contributed by atoms with Gasteiger partial charge in [-0.1, -0.05) is 158 Å². The molecule has 0 amide bonds. The standard InChI is InChI=1S/C53H30O/c1-3-19-38-36(17-1)49(37-18-2-4-20-39(37)51(38)42-30-31-13-11-25-47-50(31)52-40(42)21-12-26-48(52)54-47)32-27-28-46-41(29-32)35-16-7-10-24-45(35)53(46)43-22-8-5-14-33(43)34-15-6-9-23-44(34)53/h1-30H. The summed E-state index contributed by atoms with van der Waals surface area (Å²) in [6, 6.07) is 67.8. The van der Waals surface area contributed by atoms with Crippen molar-refractivity contribution in [1.29, 1.82) is 0 Å². The van der Waals surface area contributed by atoms with Crippen LogP contribution in [0.15, 0.2) is 186 Å². The van der Waals surface area contributed by atoms with Gasteiger partial charge in [-0.25, -0.2) is 0 Å². The Morgan fingerprint density at radius 3 is 1.43 bits per heavy atom. The number of hydrogen-bond donors (Lipinski definition) is 0. The van der Waals surface area contributed by atoms with Gasteiger partial charge in [0.05, 0.1) is 5.41 Å². The molecule has 10 aromatic carbocycles.